The summed E-state index contributed by atoms with van der Waals surface area (Å²) >= 11 is 5.58. The molecule has 0 amide bonds. The highest BCUT2D eigenvalue weighted by Gasteiger charge is 2.31. The fraction of sp³-hybridized carbons (Fsp3) is 1.00. The molecular weight excluding hydrogens is 246 g/mol. The number of hydrogen-bond donors (Lipinski definition) is 0. The van der Waals surface area contributed by atoms with E-state index >= 15 is 0 Å². The molecule has 0 radical (unpaired) electrons. The van der Waals surface area contributed by atoms with Gasteiger partial charge in [0.2, 0.25) is 10.0 Å². The second-order valence-electron chi connectivity index (χ2n) is 4.52. The molecule has 0 atom stereocenters. The Bertz CT molecular complexity index is 286. The van der Waals surface area contributed by atoms with E-state index in [-0.39, 0.29) is 5.25 Å². The Hall–Kier alpha value is 0.200. The first-order chi connectivity index (χ1) is 7.59. The van der Waals surface area contributed by atoms with Gasteiger partial charge in [0.05, 0.1) is 5.25 Å². The summed E-state index contributed by atoms with van der Waals surface area (Å²) in [7, 11) is -1.32. The summed E-state index contributed by atoms with van der Waals surface area (Å²) in [5.41, 5.74) is 0. The highest BCUT2D eigenvalue weighted by atomic mass is 35.5. The highest BCUT2D eigenvalue weighted by molar-refractivity contribution is 7.89. The fourth-order valence-corrected chi connectivity index (χ4v) is 4.18. The molecule has 0 aromatic carbocycles. The van der Waals surface area contributed by atoms with Gasteiger partial charge in [-0.2, -0.15) is 0 Å². The molecule has 0 unspecified atom stereocenters. The van der Waals surface area contributed by atoms with E-state index in [4.69, 9.17) is 11.6 Å². The molecule has 0 N–H and O–H groups in total. The van der Waals surface area contributed by atoms with Gasteiger partial charge in [0.15, 0.2) is 0 Å². The first-order valence-electron chi connectivity index (χ1n) is 6.10. The molecule has 0 aliphatic heterocycles. The summed E-state index contributed by atoms with van der Waals surface area (Å²) in [6.45, 7) is 0.635. The van der Waals surface area contributed by atoms with E-state index in [9.17, 15) is 8.42 Å². The number of hydrogen-bond acceptors (Lipinski definition) is 2. The average molecular weight is 268 g/mol. The third-order valence-corrected chi connectivity index (χ3v) is 5.90. The van der Waals surface area contributed by atoms with Crippen molar-refractivity contribution in [3.63, 3.8) is 0 Å². The minimum absolute atomic E-state index is 0.120. The topological polar surface area (TPSA) is 37.4 Å². The molecule has 1 rings (SSSR count). The summed E-state index contributed by atoms with van der Waals surface area (Å²) in [5.74, 6) is 0.666. The molecule has 0 saturated heterocycles. The van der Waals surface area contributed by atoms with Gasteiger partial charge in [0.1, 0.15) is 0 Å². The van der Waals surface area contributed by atoms with Gasteiger partial charge in [-0.1, -0.05) is 19.3 Å². The van der Waals surface area contributed by atoms with Crippen molar-refractivity contribution in [2.24, 2.45) is 0 Å². The van der Waals surface area contributed by atoms with Crippen molar-refractivity contribution in [1.82, 2.24) is 4.31 Å². The van der Waals surface area contributed by atoms with E-state index in [1.54, 1.807) is 7.05 Å². The lowest BCUT2D eigenvalue weighted by atomic mass is 10.2. The van der Waals surface area contributed by atoms with E-state index < -0.39 is 10.0 Å². The number of alkyl halides is 1. The molecule has 3 nitrogen and oxygen atoms in total. The fourth-order valence-electron chi connectivity index (χ4n) is 2.17. The summed E-state index contributed by atoms with van der Waals surface area (Å²) in [5, 5.41) is -0.120. The van der Waals surface area contributed by atoms with E-state index in [1.165, 1.54) is 4.31 Å². The van der Waals surface area contributed by atoms with E-state index in [2.05, 4.69) is 0 Å². The smallest absolute Gasteiger partial charge is 0.212 e. The van der Waals surface area contributed by atoms with Crippen molar-refractivity contribution in [2.45, 2.75) is 50.2 Å². The minimum Gasteiger partial charge on any atom is -0.212 e. The van der Waals surface area contributed by atoms with E-state index in [1.807, 2.05) is 0 Å². The lowest BCUT2D eigenvalue weighted by molar-refractivity contribution is 0.444. The van der Waals surface area contributed by atoms with Crippen molar-refractivity contribution < 1.29 is 8.42 Å². The number of sulfonamides is 1. The Morgan fingerprint density at radius 2 is 1.81 bits per heavy atom. The maximum absolute atomic E-state index is 12.1. The molecule has 1 aliphatic rings. The van der Waals surface area contributed by atoms with Crippen LogP contribution in [0.4, 0.5) is 0 Å². The predicted molar refractivity (Wildman–Crippen MR) is 68.4 cm³/mol. The molecule has 0 heterocycles. The standard InChI is InChI=1S/C11H22ClNO2S/c1-13(10-6-2-5-9-12)16(14,15)11-7-3-4-8-11/h11H,2-10H2,1H3. The maximum atomic E-state index is 12.1. The van der Waals surface area contributed by atoms with Crippen LogP contribution in [0.2, 0.25) is 0 Å². The summed E-state index contributed by atoms with van der Waals surface area (Å²) < 4.78 is 25.7. The zero-order valence-corrected chi connectivity index (χ0v) is 11.6. The van der Waals surface area contributed by atoms with Gasteiger partial charge < -0.3 is 0 Å². The van der Waals surface area contributed by atoms with Crippen molar-refractivity contribution in [1.29, 1.82) is 0 Å². The number of unbranched alkanes of at least 4 members (excludes halogenated alkanes) is 2. The van der Waals surface area contributed by atoms with Crippen molar-refractivity contribution >= 4 is 21.6 Å². The third kappa shape index (κ3) is 3.90. The number of rotatable bonds is 7. The summed E-state index contributed by atoms with van der Waals surface area (Å²) in [4.78, 5) is 0. The van der Waals surface area contributed by atoms with Crippen LogP contribution in [0.3, 0.4) is 0 Å². The molecule has 1 fully saturated rings. The number of halogens is 1. The van der Waals surface area contributed by atoms with Crippen molar-refractivity contribution in [3.05, 3.63) is 0 Å². The van der Waals surface area contributed by atoms with Crippen molar-refractivity contribution in [2.75, 3.05) is 19.5 Å². The lowest BCUT2D eigenvalue weighted by Gasteiger charge is -2.21. The first kappa shape index (κ1) is 14.3. The van der Waals surface area contributed by atoms with Gasteiger partial charge in [0, 0.05) is 19.5 Å². The largest absolute Gasteiger partial charge is 0.216 e. The van der Waals surface area contributed by atoms with Crippen LogP contribution in [0, 0.1) is 0 Å². The molecule has 1 aliphatic carbocycles. The highest BCUT2D eigenvalue weighted by Crippen LogP contribution is 2.26. The average Bonchev–Trinajstić information content (AvgIpc) is 2.77. The van der Waals surface area contributed by atoms with Crippen LogP contribution in [0.15, 0.2) is 0 Å². The van der Waals surface area contributed by atoms with E-state index in [0.29, 0.717) is 12.4 Å². The van der Waals surface area contributed by atoms with Crippen LogP contribution < -0.4 is 0 Å². The predicted octanol–water partition coefficient (Wildman–Crippen LogP) is 2.60. The normalized spacial score (nSPS) is 18.4. The molecule has 5 heteroatoms. The Labute approximate surface area is 104 Å². The van der Waals surface area contributed by atoms with E-state index in [0.717, 1.165) is 44.9 Å². The van der Waals surface area contributed by atoms with Gasteiger partial charge >= 0.3 is 0 Å². The quantitative estimate of drug-likeness (QED) is 0.525. The second kappa shape index (κ2) is 6.82. The Balaban J connectivity index is 2.36. The molecule has 0 aromatic heterocycles. The molecule has 0 aromatic rings. The number of nitrogens with zero attached hydrogens (tertiary/aromatic N) is 1. The zero-order valence-electron chi connectivity index (χ0n) is 9.99. The van der Waals surface area contributed by atoms with Crippen molar-refractivity contribution in [3.8, 4) is 0 Å². The Morgan fingerprint density at radius 3 is 2.38 bits per heavy atom. The third-order valence-electron chi connectivity index (χ3n) is 3.26. The molecular formula is C11H22ClNO2S. The molecule has 0 bridgehead atoms. The Kier molecular flexibility index (Phi) is 6.08. The summed E-state index contributed by atoms with van der Waals surface area (Å²) in [6.07, 6.45) is 6.69. The maximum Gasteiger partial charge on any atom is 0.216 e. The van der Waals surface area contributed by atoms with Crippen LogP contribution in [0.5, 0.6) is 0 Å². The van der Waals surface area contributed by atoms with Crippen LogP contribution in [-0.4, -0.2) is 37.4 Å². The molecule has 1 saturated carbocycles. The van der Waals surface area contributed by atoms with Crippen LogP contribution in [-0.2, 0) is 10.0 Å². The Morgan fingerprint density at radius 1 is 1.19 bits per heavy atom. The van der Waals surface area contributed by atoms with Gasteiger partial charge in [-0.15, -0.1) is 11.6 Å². The lowest BCUT2D eigenvalue weighted by Crippen LogP contribution is -2.35. The molecule has 96 valence electrons. The monoisotopic (exact) mass is 267 g/mol. The molecule has 0 spiro atoms. The van der Waals surface area contributed by atoms with Gasteiger partial charge in [-0.25, -0.2) is 12.7 Å². The van der Waals surface area contributed by atoms with Crippen LogP contribution >= 0.6 is 11.6 Å². The van der Waals surface area contributed by atoms with Crippen LogP contribution in [0.1, 0.15) is 44.9 Å². The second-order valence-corrected chi connectivity index (χ2v) is 7.22. The van der Waals surface area contributed by atoms with Gasteiger partial charge in [-0.3, -0.25) is 0 Å². The molecule has 16 heavy (non-hydrogen) atoms. The minimum atomic E-state index is -3.03. The van der Waals surface area contributed by atoms with Gasteiger partial charge in [0.25, 0.3) is 0 Å². The van der Waals surface area contributed by atoms with Crippen LogP contribution in [0.25, 0.3) is 0 Å². The van der Waals surface area contributed by atoms with Gasteiger partial charge in [-0.05, 0) is 25.7 Å². The first-order valence-corrected chi connectivity index (χ1v) is 8.14. The summed E-state index contributed by atoms with van der Waals surface area (Å²) in [6, 6.07) is 0. The zero-order chi connectivity index (χ0) is 12.0. The SMILES string of the molecule is CN(CCCCCCl)S(=O)(=O)C1CCCC1.